The molecule has 0 spiro atoms. The minimum atomic E-state index is -6.16. The van der Waals surface area contributed by atoms with Gasteiger partial charge in [0.2, 0.25) is 5.95 Å². The van der Waals surface area contributed by atoms with Crippen LogP contribution in [0.1, 0.15) is 6.23 Å². The van der Waals surface area contributed by atoms with E-state index in [0.29, 0.717) is 0 Å². The second-order valence-corrected chi connectivity index (χ2v) is 10.5. The summed E-state index contributed by atoms with van der Waals surface area (Å²) in [5.41, 5.74) is 4.84. The van der Waals surface area contributed by atoms with Crippen molar-refractivity contribution in [3.05, 3.63) is 22.6 Å². The number of hydrogen-bond acceptors (Lipinski definition) is 16. The Balaban J connectivity index is 0. The first-order valence-electron chi connectivity index (χ1n) is 8.18. The van der Waals surface area contributed by atoms with Crippen molar-refractivity contribution in [3.8, 4) is 0 Å². The molecule has 3 rings (SSSR count). The van der Waals surface area contributed by atoms with Gasteiger partial charge in [0.1, 0.15) is 18.3 Å². The quantitative estimate of drug-likeness (QED) is 0.176. The zero-order valence-electron chi connectivity index (χ0n) is 19.3. The number of aromatic nitrogens is 3. The number of aromatic amines is 1. The smallest absolute Gasteiger partial charge is 0.790 e. The van der Waals surface area contributed by atoms with Crippen LogP contribution in [0.4, 0.5) is 5.95 Å². The maximum Gasteiger partial charge on any atom is 1.00 e. The van der Waals surface area contributed by atoms with Gasteiger partial charge in [-0.15, -0.1) is 0 Å². The second kappa shape index (κ2) is 14.5. The Hall–Kier alpha value is 0.900. The minimum absolute atomic E-state index is 0. The fraction of sp³-hybridized carbons (Fsp3) is 0.455. The molecule has 0 aromatic carbocycles. The molecule has 0 saturated carbocycles. The molecule has 180 valence electrons. The Morgan fingerprint density at radius 1 is 1.06 bits per heavy atom. The van der Waals surface area contributed by atoms with Crippen molar-refractivity contribution >= 4 is 40.4 Å². The molecule has 25 heteroatoms. The summed E-state index contributed by atoms with van der Waals surface area (Å²) < 4.78 is 50.2. The molecular formula is C11H13Li4N4O14P3. The summed E-state index contributed by atoms with van der Waals surface area (Å²) in [5, 5.41) is 20.4. The fourth-order valence-electron chi connectivity index (χ4n) is 2.81. The maximum atomic E-state index is 11.9. The van der Waals surface area contributed by atoms with Crippen LogP contribution in [0.3, 0.4) is 0 Å². The number of phosphoric ester groups is 1. The summed E-state index contributed by atoms with van der Waals surface area (Å²) in [6.07, 6.45) is -5.20. The van der Waals surface area contributed by atoms with Gasteiger partial charge in [-0.3, -0.25) is 23.2 Å². The van der Waals surface area contributed by atoms with Crippen LogP contribution in [0.25, 0.3) is 11.0 Å². The van der Waals surface area contributed by atoms with E-state index < -0.39 is 60.2 Å². The normalized spacial score (nSPS) is 24.8. The number of anilines is 1. The van der Waals surface area contributed by atoms with Crippen molar-refractivity contribution < 1.29 is 137 Å². The first kappa shape index (κ1) is 39.0. The topological polar surface area (TPSA) is 298 Å². The molecule has 0 radical (unpaired) electrons. The minimum Gasteiger partial charge on any atom is -0.790 e. The van der Waals surface area contributed by atoms with Crippen molar-refractivity contribution in [2.24, 2.45) is 0 Å². The summed E-state index contributed by atoms with van der Waals surface area (Å²) in [6, 6.07) is 1.31. The van der Waals surface area contributed by atoms with Gasteiger partial charge in [-0.25, -0.2) is 4.31 Å². The first-order valence-corrected chi connectivity index (χ1v) is 12.6. The molecule has 0 aliphatic carbocycles. The van der Waals surface area contributed by atoms with Gasteiger partial charge in [-0.2, -0.15) is 4.98 Å². The van der Waals surface area contributed by atoms with Crippen LogP contribution < -0.4 is 106 Å². The van der Waals surface area contributed by atoms with Crippen molar-refractivity contribution in [1.82, 2.24) is 14.5 Å². The van der Waals surface area contributed by atoms with Gasteiger partial charge in [0.25, 0.3) is 21.2 Å². The first-order chi connectivity index (χ1) is 14.6. The number of hydrogen-bond donors (Lipinski definition) is 4. The van der Waals surface area contributed by atoms with Crippen molar-refractivity contribution in [2.45, 2.75) is 24.5 Å². The number of nitrogens with one attached hydrogen (secondary N) is 1. The molecule has 0 bridgehead atoms. The molecule has 1 aliphatic rings. The van der Waals surface area contributed by atoms with E-state index >= 15 is 0 Å². The van der Waals surface area contributed by atoms with Crippen LogP contribution in [0.2, 0.25) is 0 Å². The zero-order valence-corrected chi connectivity index (χ0v) is 22.0. The van der Waals surface area contributed by atoms with Crippen LogP contribution in [-0.4, -0.2) is 49.7 Å². The third-order valence-electron chi connectivity index (χ3n) is 4.01. The van der Waals surface area contributed by atoms with Gasteiger partial charge in [0, 0.05) is 6.20 Å². The average Bonchev–Trinajstić information content (AvgIpc) is 3.12. The molecule has 0 amide bonds. The molecule has 6 atom stereocenters. The summed E-state index contributed by atoms with van der Waals surface area (Å²) in [4.78, 5) is 61.4. The number of rotatable bonds is 8. The number of fused-ring (bicyclic) bond motifs is 1. The second-order valence-electron chi connectivity index (χ2n) is 6.26. The molecule has 36 heavy (non-hydrogen) atoms. The largest absolute Gasteiger partial charge is 1.00 e. The van der Waals surface area contributed by atoms with Crippen LogP contribution in [0.15, 0.2) is 17.1 Å². The molecule has 5 N–H and O–H groups in total. The van der Waals surface area contributed by atoms with Gasteiger partial charge >= 0.3 is 75.4 Å². The number of aliphatic hydroxyl groups excluding tert-OH is 2. The zero-order chi connectivity index (χ0) is 24.1. The van der Waals surface area contributed by atoms with Crippen molar-refractivity contribution in [3.63, 3.8) is 0 Å². The van der Waals surface area contributed by atoms with Gasteiger partial charge < -0.3 is 53.9 Å². The Kier molecular flexibility index (Phi) is 15.7. The van der Waals surface area contributed by atoms with Crippen LogP contribution in [0.5, 0.6) is 0 Å². The maximum absolute atomic E-state index is 11.9. The van der Waals surface area contributed by atoms with Crippen LogP contribution in [0, 0.1) is 0 Å². The SMILES string of the molecule is Nc1nc2c(ccn2C2OC(COP(=O)([O-])OP(=O)([O-])OP(=O)([O-])[O-])C(O)C2O)c(=O)[nH]1.[Li+].[Li+].[Li+].[Li+]. The van der Waals surface area contributed by atoms with E-state index in [1.54, 1.807) is 0 Å². The number of nitrogen functional groups attached to an aromatic ring is 1. The van der Waals surface area contributed by atoms with Crippen molar-refractivity contribution in [2.75, 3.05) is 12.3 Å². The molecule has 1 fully saturated rings. The number of ether oxygens (including phenoxy) is 1. The Morgan fingerprint density at radius 2 is 1.64 bits per heavy atom. The Morgan fingerprint density at radius 3 is 2.19 bits per heavy atom. The summed E-state index contributed by atoms with van der Waals surface area (Å²) in [7, 11) is -18.1. The number of aliphatic hydroxyl groups is 2. The summed E-state index contributed by atoms with van der Waals surface area (Å²) in [5.74, 6) is -0.259. The summed E-state index contributed by atoms with van der Waals surface area (Å²) in [6.45, 7) is -1.11. The van der Waals surface area contributed by atoms with E-state index in [9.17, 15) is 48.3 Å². The molecule has 18 nitrogen and oxygen atoms in total. The number of nitrogens with zero attached hydrogens (tertiary/aromatic N) is 2. The van der Waals surface area contributed by atoms with E-state index in [-0.39, 0.29) is 92.4 Å². The summed E-state index contributed by atoms with van der Waals surface area (Å²) >= 11 is 0. The van der Waals surface area contributed by atoms with Gasteiger partial charge in [-0.1, -0.05) is 0 Å². The molecule has 3 heterocycles. The van der Waals surface area contributed by atoms with Gasteiger partial charge in [0.05, 0.1) is 19.8 Å². The molecule has 1 saturated heterocycles. The van der Waals surface area contributed by atoms with E-state index in [1.165, 1.54) is 12.3 Å². The van der Waals surface area contributed by atoms with E-state index in [0.717, 1.165) is 4.57 Å². The van der Waals surface area contributed by atoms with E-state index in [1.807, 2.05) is 0 Å². The molecule has 2 aromatic heterocycles. The van der Waals surface area contributed by atoms with E-state index in [2.05, 4.69) is 23.1 Å². The van der Waals surface area contributed by atoms with Crippen molar-refractivity contribution in [1.29, 1.82) is 0 Å². The van der Waals surface area contributed by atoms with E-state index in [4.69, 9.17) is 10.5 Å². The predicted octanol–water partition coefficient (Wildman–Crippen LogP) is -16.2. The third kappa shape index (κ3) is 9.82. The Bertz CT molecular complexity index is 1220. The van der Waals surface area contributed by atoms with Gasteiger partial charge in [0.15, 0.2) is 11.9 Å². The Labute approximate surface area is 249 Å². The molecule has 6 unspecified atom stereocenters. The predicted molar refractivity (Wildman–Crippen MR) is 91.6 cm³/mol. The molecule has 1 aliphatic heterocycles. The number of nitrogens with two attached hydrogens (primary N) is 1. The monoisotopic (exact) mass is 546 g/mol. The average molecular weight is 546 g/mol. The standard InChI is InChI=1S/C11H17N4O14P3.4Li/c12-11-13-8-4(9(18)14-11)1-2-15(8)10-7(17)6(16)5(27-10)3-26-31(22,23)29-32(24,25)28-30(19,20)21;;;;/h1-2,5-7,10,16-17H,3H2,(H,22,23)(H,24,25)(H2,19,20,21)(H3,12,13,14,18);;;;/q;4*+1/p-4. The van der Waals surface area contributed by atoms with Crippen LogP contribution in [-0.2, 0) is 31.6 Å². The third-order valence-corrected chi connectivity index (χ3v) is 7.67. The van der Waals surface area contributed by atoms with Crippen LogP contribution >= 0.6 is 23.5 Å². The number of H-pyrrole nitrogens is 1. The van der Waals surface area contributed by atoms with Gasteiger partial charge in [-0.05, 0) is 6.07 Å². The molecule has 2 aromatic rings. The molecular weight excluding hydrogens is 533 g/mol. The fourth-order valence-corrected chi connectivity index (χ4v) is 5.68. The number of phosphoric acid groups is 3.